The zero-order valence-corrected chi connectivity index (χ0v) is 8.30. The van der Waals surface area contributed by atoms with E-state index >= 15 is 0 Å². The van der Waals surface area contributed by atoms with Crippen LogP contribution in [0.1, 0.15) is 10.6 Å². The SMILES string of the molecule is O=C1C(Cc2cc#co2)Nc2cncc[n+]21. The van der Waals surface area contributed by atoms with Gasteiger partial charge >= 0.3 is 11.7 Å². The molecule has 0 amide bonds. The number of hydrogen-bond acceptors (Lipinski definition) is 4. The van der Waals surface area contributed by atoms with E-state index in [4.69, 9.17) is 4.42 Å². The monoisotopic (exact) mass is 214 g/mol. The first kappa shape index (κ1) is 8.92. The molecule has 0 fully saturated rings. The lowest BCUT2D eigenvalue weighted by Gasteiger charge is -1.98. The van der Waals surface area contributed by atoms with Crippen molar-refractivity contribution in [3.05, 3.63) is 42.7 Å². The van der Waals surface area contributed by atoms with Gasteiger partial charge < -0.3 is 4.42 Å². The Morgan fingerprint density at radius 1 is 1.62 bits per heavy atom. The van der Waals surface area contributed by atoms with Crippen molar-refractivity contribution in [3.8, 4) is 0 Å². The van der Waals surface area contributed by atoms with Crippen molar-refractivity contribution in [2.45, 2.75) is 12.5 Å². The smallest absolute Gasteiger partial charge is 0.359 e. The molecule has 2 aromatic heterocycles. The van der Waals surface area contributed by atoms with E-state index in [0.717, 1.165) is 0 Å². The number of rotatable bonds is 2. The van der Waals surface area contributed by atoms with E-state index in [0.29, 0.717) is 18.0 Å². The van der Waals surface area contributed by atoms with Gasteiger partial charge in [0.2, 0.25) is 6.04 Å². The van der Waals surface area contributed by atoms with Crippen molar-refractivity contribution in [2.24, 2.45) is 0 Å². The Morgan fingerprint density at radius 2 is 2.56 bits per heavy atom. The number of aromatic nitrogens is 2. The summed E-state index contributed by atoms with van der Waals surface area (Å²) in [5.74, 6) is 1.39. The van der Waals surface area contributed by atoms with E-state index in [1.54, 1.807) is 29.2 Å². The van der Waals surface area contributed by atoms with Crippen LogP contribution in [0.2, 0.25) is 0 Å². The van der Waals surface area contributed by atoms with Crippen LogP contribution in [-0.2, 0) is 6.42 Å². The molecule has 16 heavy (non-hydrogen) atoms. The largest absolute Gasteiger partial charge is 0.411 e. The Balaban J connectivity index is 1.85. The number of hydrogen-bond donors (Lipinski definition) is 1. The number of carbonyl (C=O) groups is 1. The third kappa shape index (κ3) is 1.32. The standard InChI is InChI=1S/C11H7N3O2/c15-11-9(6-8-2-1-5-16-8)13-10-7-12-3-4-14(10)11/h2-4,7,9H,6H2/p+1. The summed E-state index contributed by atoms with van der Waals surface area (Å²) in [6, 6.07) is 4.06. The topological polar surface area (TPSA) is 59.0 Å². The molecule has 3 heterocycles. The number of anilines is 1. The second-order valence-corrected chi connectivity index (χ2v) is 3.53. The second-order valence-electron chi connectivity index (χ2n) is 3.53. The minimum Gasteiger partial charge on any atom is -0.411 e. The van der Waals surface area contributed by atoms with Crippen LogP contribution in [-0.4, -0.2) is 16.9 Å². The molecule has 0 spiro atoms. The summed E-state index contributed by atoms with van der Waals surface area (Å²) < 4.78 is 6.59. The quantitative estimate of drug-likeness (QED) is 0.727. The molecule has 0 saturated carbocycles. The first-order valence-corrected chi connectivity index (χ1v) is 4.87. The molecule has 0 aromatic carbocycles. The molecule has 0 aliphatic carbocycles. The molecule has 1 aliphatic heterocycles. The van der Waals surface area contributed by atoms with Gasteiger partial charge in [0.1, 0.15) is 24.4 Å². The van der Waals surface area contributed by atoms with Crippen LogP contribution >= 0.6 is 0 Å². The third-order valence-electron chi connectivity index (χ3n) is 2.50. The Kier molecular flexibility index (Phi) is 1.87. The van der Waals surface area contributed by atoms with Gasteiger partial charge in [-0.25, -0.2) is 4.79 Å². The fraction of sp³-hybridized carbons (Fsp3) is 0.182. The minimum absolute atomic E-state index is 0.00574. The maximum Gasteiger partial charge on any atom is 0.359 e. The summed E-state index contributed by atoms with van der Waals surface area (Å²) in [4.78, 5) is 15.9. The van der Waals surface area contributed by atoms with Gasteiger partial charge in [-0.05, 0) is 6.07 Å². The molecule has 1 unspecified atom stereocenters. The van der Waals surface area contributed by atoms with E-state index in [-0.39, 0.29) is 11.9 Å². The van der Waals surface area contributed by atoms with E-state index in [1.807, 2.05) is 0 Å². The summed E-state index contributed by atoms with van der Waals surface area (Å²) in [6.07, 6.45) is 7.82. The lowest BCUT2D eigenvalue weighted by atomic mass is 10.2. The second kappa shape index (κ2) is 3.35. The Bertz CT molecular complexity index is 520. The first-order chi connectivity index (χ1) is 7.84. The molecule has 0 saturated heterocycles. The van der Waals surface area contributed by atoms with Gasteiger partial charge in [0.05, 0.1) is 12.6 Å². The zero-order chi connectivity index (χ0) is 11.0. The fourth-order valence-corrected chi connectivity index (χ4v) is 1.74. The van der Waals surface area contributed by atoms with Crippen molar-refractivity contribution in [2.75, 3.05) is 5.32 Å². The molecule has 5 heteroatoms. The predicted octanol–water partition coefficient (Wildman–Crippen LogP) is 0.239. The normalized spacial score (nSPS) is 17.8. The highest BCUT2D eigenvalue weighted by molar-refractivity contribution is 5.81. The summed E-state index contributed by atoms with van der Waals surface area (Å²) in [5.41, 5.74) is 0. The highest BCUT2D eigenvalue weighted by Gasteiger charge is 2.38. The Morgan fingerprint density at radius 3 is 3.31 bits per heavy atom. The van der Waals surface area contributed by atoms with E-state index in [1.165, 1.54) is 0 Å². The average molecular weight is 214 g/mol. The van der Waals surface area contributed by atoms with Crippen molar-refractivity contribution in [3.63, 3.8) is 0 Å². The van der Waals surface area contributed by atoms with E-state index < -0.39 is 0 Å². The van der Waals surface area contributed by atoms with Crippen LogP contribution in [0.3, 0.4) is 0 Å². The molecule has 3 rings (SSSR count). The summed E-state index contributed by atoms with van der Waals surface area (Å²) in [7, 11) is 0. The average Bonchev–Trinajstić information content (AvgIpc) is 2.90. The van der Waals surface area contributed by atoms with Crippen molar-refractivity contribution < 1.29 is 13.8 Å². The summed E-state index contributed by atoms with van der Waals surface area (Å²) in [6.45, 7) is 0. The van der Waals surface area contributed by atoms with Crippen LogP contribution in [0.4, 0.5) is 5.82 Å². The van der Waals surface area contributed by atoms with Crippen molar-refractivity contribution in [1.29, 1.82) is 0 Å². The maximum absolute atomic E-state index is 11.9. The number of nitrogens with zero attached hydrogens (tertiary/aromatic N) is 2. The first-order valence-electron chi connectivity index (χ1n) is 4.87. The van der Waals surface area contributed by atoms with Crippen molar-refractivity contribution >= 4 is 11.7 Å². The van der Waals surface area contributed by atoms with Crippen molar-refractivity contribution in [1.82, 2.24) is 4.98 Å². The number of fused-ring (bicyclic) bond motifs is 1. The molecule has 1 aliphatic rings. The molecule has 78 valence electrons. The summed E-state index contributed by atoms with van der Waals surface area (Å²) in [5, 5.41) is 3.09. The lowest BCUT2D eigenvalue weighted by Crippen LogP contribution is -2.43. The molecular formula is C11H8N3O2+. The molecule has 2 aromatic rings. The molecular weight excluding hydrogens is 206 g/mol. The van der Waals surface area contributed by atoms with Crippen LogP contribution in [0.25, 0.3) is 0 Å². The molecule has 1 atom stereocenters. The van der Waals surface area contributed by atoms with Crippen LogP contribution in [0.5, 0.6) is 0 Å². The molecule has 5 nitrogen and oxygen atoms in total. The van der Waals surface area contributed by atoms with Crippen LogP contribution < -0.4 is 9.88 Å². The van der Waals surface area contributed by atoms with Gasteiger partial charge in [-0.2, -0.15) is 4.57 Å². The molecule has 1 N–H and O–H groups in total. The van der Waals surface area contributed by atoms with Gasteiger partial charge in [0, 0.05) is 6.07 Å². The van der Waals surface area contributed by atoms with Gasteiger partial charge in [0.15, 0.2) is 0 Å². The van der Waals surface area contributed by atoms with Crippen LogP contribution in [0, 0.1) is 12.3 Å². The van der Waals surface area contributed by atoms with Gasteiger partial charge in [-0.15, -0.1) is 0 Å². The minimum atomic E-state index is -0.308. The Hall–Kier alpha value is -2.35. The lowest BCUT2D eigenvalue weighted by molar-refractivity contribution is -0.553. The summed E-state index contributed by atoms with van der Waals surface area (Å²) >= 11 is 0. The zero-order valence-electron chi connectivity index (χ0n) is 8.30. The van der Waals surface area contributed by atoms with Gasteiger partial charge in [-0.1, -0.05) is 0 Å². The Labute approximate surface area is 91.7 Å². The highest BCUT2D eigenvalue weighted by Crippen LogP contribution is 2.12. The number of nitrogens with one attached hydrogen (secondary N) is 1. The molecule has 0 bridgehead atoms. The molecule has 0 radical (unpaired) electrons. The van der Waals surface area contributed by atoms with Gasteiger partial charge in [0.25, 0.3) is 0 Å². The fourth-order valence-electron chi connectivity index (χ4n) is 1.74. The predicted molar refractivity (Wildman–Crippen MR) is 52.6 cm³/mol. The van der Waals surface area contributed by atoms with Crippen LogP contribution in [0.15, 0.2) is 29.1 Å². The maximum atomic E-state index is 11.9. The number of carbonyl (C=O) groups excluding carboxylic acids is 1. The third-order valence-corrected chi connectivity index (χ3v) is 2.50. The van der Waals surface area contributed by atoms with E-state index in [2.05, 4.69) is 22.6 Å². The highest BCUT2D eigenvalue weighted by atomic mass is 16.3. The van der Waals surface area contributed by atoms with Gasteiger partial charge in [-0.3, -0.25) is 10.3 Å². The van der Waals surface area contributed by atoms with E-state index in [9.17, 15) is 4.79 Å².